The van der Waals surface area contributed by atoms with E-state index in [-0.39, 0.29) is 10.8 Å². The first kappa shape index (κ1) is 20.9. The number of rotatable bonds is 9. The van der Waals surface area contributed by atoms with E-state index in [1.807, 2.05) is 31.2 Å². The van der Waals surface area contributed by atoms with Crippen LogP contribution in [0.3, 0.4) is 0 Å². The average molecular weight is 391 g/mol. The van der Waals surface area contributed by atoms with Gasteiger partial charge in [0.05, 0.1) is 11.5 Å². The van der Waals surface area contributed by atoms with Crippen LogP contribution < -0.4 is 9.46 Å². The number of carbonyl (C=O) groups is 1. The molecular formula is C20H26N2O4S. The number of nitrogens with zero attached hydrogens (tertiary/aromatic N) is 1. The largest absolute Gasteiger partial charge is 0.494 e. The van der Waals surface area contributed by atoms with E-state index in [9.17, 15) is 13.2 Å². The van der Waals surface area contributed by atoms with Gasteiger partial charge in [0.25, 0.3) is 0 Å². The van der Waals surface area contributed by atoms with Gasteiger partial charge in [-0.15, -0.1) is 0 Å². The fraction of sp³-hybridized carbons (Fsp3) is 0.350. The lowest BCUT2D eigenvalue weighted by Gasteiger charge is -2.17. The quantitative estimate of drug-likeness (QED) is 0.714. The van der Waals surface area contributed by atoms with E-state index in [4.69, 9.17) is 4.74 Å². The zero-order valence-electron chi connectivity index (χ0n) is 15.9. The maximum Gasteiger partial charge on any atom is 0.240 e. The Hall–Kier alpha value is -2.38. The lowest BCUT2D eigenvalue weighted by Crippen LogP contribution is -2.26. The summed E-state index contributed by atoms with van der Waals surface area (Å²) in [6, 6.07) is 14.3. The zero-order chi connectivity index (χ0) is 19.9. The van der Waals surface area contributed by atoms with E-state index < -0.39 is 10.0 Å². The molecule has 0 bridgehead atoms. The van der Waals surface area contributed by atoms with Crippen LogP contribution in [-0.2, 0) is 27.8 Å². The van der Waals surface area contributed by atoms with Crippen LogP contribution in [-0.4, -0.2) is 39.9 Å². The second-order valence-electron chi connectivity index (χ2n) is 6.18. The molecule has 0 aliphatic rings. The molecule has 27 heavy (non-hydrogen) atoms. The molecule has 0 spiro atoms. The molecule has 1 N–H and O–H groups in total. The minimum absolute atomic E-state index is 0.0378. The number of amides is 1. The normalized spacial score (nSPS) is 11.2. The van der Waals surface area contributed by atoms with Crippen LogP contribution in [0.2, 0.25) is 0 Å². The Bertz CT molecular complexity index is 847. The van der Waals surface area contributed by atoms with Gasteiger partial charge in [-0.3, -0.25) is 4.79 Å². The summed E-state index contributed by atoms with van der Waals surface area (Å²) < 4.78 is 31.1. The predicted octanol–water partition coefficient (Wildman–Crippen LogP) is 2.58. The van der Waals surface area contributed by atoms with E-state index in [0.717, 1.165) is 16.9 Å². The molecule has 0 aliphatic heterocycles. The Morgan fingerprint density at radius 3 is 2.19 bits per heavy atom. The van der Waals surface area contributed by atoms with Crippen LogP contribution >= 0.6 is 0 Å². The van der Waals surface area contributed by atoms with Crippen molar-refractivity contribution in [3.8, 4) is 5.75 Å². The first-order valence-electron chi connectivity index (χ1n) is 8.84. The summed E-state index contributed by atoms with van der Waals surface area (Å²) in [4.78, 5) is 14.3. The molecule has 0 saturated carbocycles. The Kier molecular flexibility index (Phi) is 7.38. The SMILES string of the molecule is CCOc1ccc(CN(C)C(=O)CCc2ccc(S(=O)(=O)NC)cc2)cc1. The zero-order valence-corrected chi connectivity index (χ0v) is 16.8. The number of nitrogens with one attached hydrogen (secondary N) is 1. The third-order valence-electron chi connectivity index (χ3n) is 4.21. The van der Waals surface area contributed by atoms with Gasteiger partial charge in [-0.2, -0.15) is 0 Å². The molecule has 2 aromatic carbocycles. The Morgan fingerprint density at radius 2 is 1.63 bits per heavy atom. The summed E-state index contributed by atoms with van der Waals surface area (Å²) in [5, 5.41) is 0. The van der Waals surface area contributed by atoms with Crippen LogP contribution in [0, 0.1) is 0 Å². The molecule has 0 radical (unpaired) electrons. The van der Waals surface area contributed by atoms with Crippen molar-refractivity contribution >= 4 is 15.9 Å². The monoisotopic (exact) mass is 390 g/mol. The third-order valence-corrected chi connectivity index (χ3v) is 5.64. The molecule has 0 unspecified atom stereocenters. The summed E-state index contributed by atoms with van der Waals surface area (Å²) in [5.74, 6) is 0.856. The van der Waals surface area contributed by atoms with Crippen molar-refractivity contribution in [3.05, 3.63) is 59.7 Å². The van der Waals surface area contributed by atoms with Crippen molar-refractivity contribution in [2.24, 2.45) is 0 Å². The van der Waals surface area contributed by atoms with Gasteiger partial charge in [-0.25, -0.2) is 13.1 Å². The Labute approximate surface area is 161 Å². The summed E-state index contributed by atoms with van der Waals surface area (Å²) in [7, 11) is -0.279. The van der Waals surface area contributed by atoms with Gasteiger partial charge < -0.3 is 9.64 Å². The molecule has 0 heterocycles. The number of aryl methyl sites for hydroxylation is 1. The van der Waals surface area contributed by atoms with Gasteiger partial charge in [0.2, 0.25) is 15.9 Å². The van der Waals surface area contributed by atoms with Crippen molar-refractivity contribution < 1.29 is 17.9 Å². The molecule has 1 amide bonds. The average Bonchev–Trinajstić information content (AvgIpc) is 2.68. The van der Waals surface area contributed by atoms with Crippen LogP contribution in [0.15, 0.2) is 53.4 Å². The smallest absolute Gasteiger partial charge is 0.240 e. The molecule has 0 aliphatic carbocycles. The minimum Gasteiger partial charge on any atom is -0.494 e. The minimum atomic E-state index is -3.44. The molecule has 2 rings (SSSR count). The van der Waals surface area contributed by atoms with Crippen LogP contribution in [0.5, 0.6) is 5.75 Å². The topological polar surface area (TPSA) is 75.7 Å². The number of ether oxygens (including phenoxy) is 1. The Morgan fingerprint density at radius 1 is 1.04 bits per heavy atom. The standard InChI is InChI=1S/C20H26N2O4S/c1-4-26-18-10-5-17(6-11-18)15-22(3)20(23)14-9-16-7-12-19(13-8-16)27(24,25)21-2/h5-8,10-13,21H,4,9,14-15H2,1-3H3. The van der Waals surface area contributed by atoms with E-state index in [1.165, 1.54) is 7.05 Å². The number of hydrogen-bond acceptors (Lipinski definition) is 4. The van der Waals surface area contributed by atoms with Gasteiger partial charge in [0.1, 0.15) is 5.75 Å². The summed E-state index contributed by atoms with van der Waals surface area (Å²) in [6.45, 7) is 3.09. The lowest BCUT2D eigenvalue weighted by molar-refractivity contribution is -0.130. The Balaban J connectivity index is 1.87. The van der Waals surface area contributed by atoms with E-state index >= 15 is 0 Å². The number of hydrogen-bond donors (Lipinski definition) is 1. The van der Waals surface area contributed by atoms with Crippen LogP contribution in [0.25, 0.3) is 0 Å². The maximum absolute atomic E-state index is 12.4. The van der Waals surface area contributed by atoms with Crippen molar-refractivity contribution in [1.82, 2.24) is 9.62 Å². The molecular weight excluding hydrogens is 364 g/mol. The van der Waals surface area contributed by atoms with Gasteiger partial charge >= 0.3 is 0 Å². The molecule has 7 heteroatoms. The van der Waals surface area contributed by atoms with Crippen LogP contribution in [0.1, 0.15) is 24.5 Å². The molecule has 0 saturated heterocycles. The summed E-state index contributed by atoms with van der Waals surface area (Å²) in [5.41, 5.74) is 1.96. The van der Waals surface area contributed by atoms with Crippen molar-refractivity contribution in [3.63, 3.8) is 0 Å². The first-order chi connectivity index (χ1) is 12.9. The molecule has 146 valence electrons. The second kappa shape index (κ2) is 9.53. The van der Waals surface area contributed by atoms with E-state index in [1.54, 1.807) is 36.2 Å². The van der Waals surface area contributed by atoms with E-state index in [0.29, 0.717) is 26.0 Å². The van der Waals surface area contributed by atoms with Gasteiger partial charge in [0, 0.05) is 20.0 Å². The molecule has 0 aromatic heterocycles. The van der Waals surface area contributed by atoms with Crippen molar-refractivity contribution in [2.75, 3.05) is 20.7 Å². The fourth-order valence-corrected chi connectivity index (χ4v) is 3.35. The molecule has 2 aromatic rings. The predicted molar refractivity (Wildman–Crippen MR) is 105 cm³/mol. The fourth-order valence-electron chi connectivity index (χ4n) is 2.62. The molecule has 0 atom stereocenters. The number of sulfonamides is 1. The molecule has 0 fully saturated rings. The summed E-state index contributed by atoms with van der Waals surface area (Å²) in [6.07, 6.45) is 0.929. The number of benzene rings is 2. The molecule has 6 nitrogen and oxygen atoms in total. The first-order valence-corrected chi connectivity index (χ1v) is 10.3. The highest BCUT2D eigenvalue weighted by Crippen LogP contribution is 2.15. The highest BCUT2D eigenvalue weighted by atomic mass is 32.2. The van der Waals surface area contributed by atoms with Gasteiger partial charge in [-0.05, 0) is 55.8 Å². The lowest BCUT2D eigenvalue weighted by atomic mass is 10.1. The maximum atomic E-state index is 12.4. The highest BCUT2D eigenvalue weighted by molar-refractivity contribution is 7.89. The number of carbonyl (C=O) groups excluding carboxylic acids is 1. The van der Waals surface area contributed by atoms with E-state index in [2.05, 4.69) is 4.72 Å². The van der Waals surface area contributed by atoms with Crippen LogP contribution in [0.4, 0.5) is 0 Å². The highest BCUT2D eigenvalue weighted by Gasteiger charge is 2.12. The van der Waals surface area contributed by atoms with Gasteiger partial charge in [-0.1, -0.05) is 24.3 Å². The van der Waals surface area contributed by atoms with Gasteiger partial charge in [0.15, 0.2) is 0 Å². The third kappa shape index (κ3) is 6.08. The van der Waals surface area contributed by atoms with Crippen molar-refractivity contribution in [1.29, 1.82) is 0 Å². The second-order valence-corrected chi connectivity index (χ2v) is 8.06. The summed E-state index contributed by atoms with van der Waals surface area (Å²) >= 11 is 0. The van der Waals surface area contributed by atoms with Crippen molar-refractivity contribution in [2.45, 2.75) is 31.2 Å².